The predicted octanol–water partition coefficient (Wildman–Crippen LogP) is 6.19. The number of amides is 2. The molecule has 4 aromatic rings. The SMILES string of the molecule is CCc1nn(-c2ccccc2)c2c1CN(C(=O)NCCC(C)C)C(c1ccc(C)cc1)c1cccn1-2. The smallest absolute Gasteiger partial charge is 0.318 e. The Kier molecular flexibility index (Phi) is 6.68. The molecule has 3 heterocycles. The molecule has 0 fully saturated rings. The highest BCUT2D eigenvalue weighted by atomic mass is 16.2. The maximum atomic E-state index is 13.8. The molecular formula is C30H35N5O. The van der Waals surface area contributed by atoms with Crippen molar-refractivity contribution in [2.24, 2.45) is 5.92 Å². The molecule has 1 aliphatic heterocycles. The van der Waals surface area contributed by atoms with Crippen LogP contribution in [0.3, 0.4) is 0 Å². The van der Waals surface area contributed by atoms with E-state index in [0.717, 1.165) is 46.9 Å². The lowest BCUT2D eigenvalue weighted by Crippen LogP contribution is -2.42. The standard InChI is InChI=1S/C30H35N5O/c1-5-26-25-20-34(30(36)31-18-17-21(2)3)28(23-15-13-22(4)14-16-23)27-12-9-19-33(27)29(25)35(32-26)24-10-7-6-8-11-24/h6-16,19,21,28H,5,17-18,20H2,1-4H3,(H,31,36). The minimum absolute atomic E-state index is 0.0451. The molecule has 6 nitrogen and oxygen atoms in total. The van der Waals surface area contributed by atoms with Crippen molar-refractivity contribution in [2.75, 3.05) is 6.54 Å². The van der Waals surface area contributed by atoms with Crippen LogP contribution < -0.4 is 5.32 Å². The van der Waals surface area contributed by atoms with E-state index >= 15 is 0 Å². The van der Waals surface area contributed by atoms with Gasteiger partial charge in [0.15, 0.2) is 0 Å². The third-order valence-corrected chi connectivity index (χ3v) is 6.96. The summed E-state index contributed by atoms with van der Waals surface area (Å²) in [7, 11) is 0. The van der Waals surface area contributed by atoms with Gasteiger partial charge in [0.2, 0.25) is 0 Å². The van der Waals surface area contributed by atoms with Crippen LogP contribution in [0.1, 0.15) is 61.3 Å². The van der Waals surface area contributed by atoms with Crippen LogP contribution in [0.15, 0.2) is 72.9 Å². The molecule has 0 aliphatic carbocycles. The molecule has 0 bridgehead atoms. The first-order chi connectivity index (χ1) is 17.5. The van der Waals surface area contributed by atoms with Crippen molar-refractivity contribution in [3.05, 3.63) is 101 Å². The number of aryl methyl sites for hydroxylation is 2. The van der Waals surface area contributed by atoms with Crippen molar-refractivity contribution >= 4 is 6.03 Å². The zero-order valence-corrected chi connectivity index (χ0v) is 21.6. The Hall–Kier alpha value is -3.80. The summed E-state index contributed by atoms with van der Waals surface area (Å²) in [4.78, 5) is 15.8. The van der Waals surface area contributed by atoms with E-state index in [2.05, 4.69) is 92.3 Å². The number of urea groups is 1. The number of carbonyl (C=O) groups excluding carboxylic acids is 1. The zero-order valence-electron chi connectivity index (χ0n) is 21.6. The van der Waals surface area contributed by atoms with Gasteiger partial charge in [0, 0.05) is 18.3 Å². The first kappa shape index (κ1) is 23.9. The zero-order chi connectivity index (χ0) is 25.2. The number of para-hydroxylation sites is 1. The molecule has 0 radical (unpaired) electrons. The number of nitrogens with one attached hydrogen (secondary N) is 1. The summed E-state index contributed by atoms with van der Waals surface area (Å²) in [5.74, 6) is 1.54. The van der Waals surface area contributed by atoms with E-state index < -0.39 is 0 Å². The predicted molar refractivity (Wildman–Crippen MR) is 144 cm³/mol. The van der Waals surface area contributed by atoms with Gasteiger partial charge in [-0.2, -0.15) is 5.10 Å². The van der Waals surface area contributed by atoms with Gasteiger partial charge < -0.3 is 14.8 Å². The van der Waals surface area contributed by atoms with Gasteiger partial charge in [0.1, 0.15) is 5.82 Å². The normalized spacial score (nSPS) is 14.9. The average molecular weight is 482 g/mol. The molecule has 0 spiro atoms. The van der Waals surface area contributed by atoms with Crippen LogP contribution in [-0.2, 0) is 13.0 Å². The van der Waals surface area contributed by atoms with Crippen molar-refractivity contribution in [3.63, 3.8) is 0 Å². The van der Waals surface area contributed by atoms with Crippen LogP contribution in [0.5, 0.6) is 0 Å². The summed E-state index contributed by atoms with van der Waals surface area (Å²) in [6, 6.07) is 22.7. The Balaban J connectivity index is 1.68. The van der Waals surface area contributed by atoms with Crippen LogP contribution in [0, 0.1) is 12.8 Å². The molecule has 2 aromatic heterocycles. The molecule has 36 heavy (non-hydrogen) atoms. The van der Waals surface area contributed by atoms with Gasteiger partial charge >= 0.3 is 6.03 Å². The maximum absolute atomic E-state index is 13.8. The molecule has 0 saturated heterocycles. The lowest BCUT2D eigenvalue weighted by Gasteiger charge is -2.31. The van der Waals surface area contributed by atoms with E-state index in [9.17, 15) is 4.79 Å². The first-order valence-electron chi connectivity index (χ1n) is 12.9. The Morgan fingerprint density at radius 2 is 1.81 bits per heavy atom. The highest BCUT2D eigenvalue weighted by Gasteiger charge is 2.36. The quantitative estimate of drug-likeness (QED) is 0.357. The number of rotatable bonds is 6. The summed E-state index contributed by atoms with van der Waals surface area (Å²) in [6.07, 6.45) is 3.83. The van der Waals surface area contributed by atoms with Crippen molar-refractivity contribution in [1.29, 1.82) is 0 Å². The summed E-state index contributed by atoms with van der Waals surface area (Å²) in [5, 5.41) is 8.23. The van der Waals surface area contributed by atoms with Gasteiger partial charge in [-0.25, -0.2) is 9.48 Å². The number of carbonyl (C=O) groups is 1. The molecule has 186 valence electrons. The number of hydrogen-bond donors (Lipinski definition) is 1. The number of benzene rings is 2. The van der Waals surface area contributed by atoms with E-state index in [1.165, 1.54) is 5.56 Å². The number of nitrogens with zero attached hydrogens (tertiary/aromatic N) is 4. The average Bonchev–Trinajstić information content (AvgIpc) is 3.46. The molecule has 2 aromatic carbocycles. The minimum Gasteiger partial charge on any atom is -0.338 e. The molecule has 2 amide bonds. The Labute approximate surface area is 213 Å². The minimum atomic E-state index is -0.221. The van der Waals surface area contributed by atoms with Crippen molar-refractivity contribution in [3.8, 4) is 11.5 Å². The molecule has 1 atom stereocenters. The molecule has 0 saturated carbocycles. The van der Waals surface area contributed by atoms with Crippen molar-refractivity contribution in [2.45, 2.75) is 53.1 Å². The van der Waals surface area contributed by atoms with Gasteiger partial charge in [-0.3, -0.25) is 0 Å². The molecule has 1 unspecified atom stereocenters. The second-order valence-electron chi connectivity index (χ2n) is 10.0. The van der Waals surface area contributed by atoms with E-state index in [1.807, 2.05) is 27.8 Å². The number of hydrogen-bond acceptors (Lipinski definition) is 2. The van der Waals surface area contributed by atoms with Crippen LogP contribution in [0.2, 0.25) is 0 Å². The molecule has 1 aliphatic rings. The molecule has 5 rings (SSSR count). The van der Waals surface area contributed by atoms with E-state index in [4.69, 9.17) is 5.10 Å². The van der Waals surface area contributed by atoms with E-state index in [-0.39, 0.29) is 12.1 Å². The monoisotopic (exact) mass is 481 g/mol. The van der Waals surface area contributed by atoms with Crippen molar-refractivity contribution < 1.29 is 4.79 Å². The topological polar surface area (TPSA) is 55.1 Å². The fourth-order valence-electron chi connectivity index (χ4n) is 5.02. The molecule has 6 heteroatoms. The third-order valence-electron chi connectivity index (χ3n) is 6.96. The highest BCUT2D eigenvalue weighted by Crippen LogP contribution is 2.38. The lowest BCUT2D eigenvalue weighted by atomic mass is 10.0. The summed E-state index contributed by atoms with van der Waals surface area (Å²) >= 11 is 0. The fraction of sp³-hybridized carbons (Fsp3) is 0.333. The highest BCUT2D eigenvalue weighted by molar-refractivity contribution is 5.76. The van der Waals surface area contributed by atoms with Gasteiger partial charge in [-0.05, 0) is 55.5 Å². The third kappa shape index (κ3) is 4.43. The maximum Gasteiger partial charge on any atom is 0.318 e. The first-order valence-corrected chi connectivity index (χ1v) is 12.9. The summed E-state index contributed by atoms with van der Waals surface area (Å²) < 4.78 is 4.25. The summed E-state index contributed by atoms with van der Waals surface area (Å²) in [6.45, 7) is 9.72. The molecular weight excluding hydrogens is 446 g/mol. The van der Waals surface area contributed by atoms with E-state index in [0.29, 0.717) is 19.0 Å². The second-order valence-corrected chi connectivity index (χ2v) is 10.0. The molecule has 1 N–H and O–H groups in total. The van der Waals surface area contributed by atoms with Crippen molar-refractivity contribution in [1.82, 2.24) is 24.6 Å². The Morgan fingerprint density at radius 1 is 1.06 bits per heavy atom. The van der Waals surface area contributed by atoms with Crippen LogP contribution in [0.4, 0.5) is 4.79 Å². The van der Waals surface area contributed by atoms with Gasteiger partial charge in [0.25, 0.3) is 0 Å². The largest absolute Gasteiger partial charge is 0.338 e. The van der Waals surface area contributed by atoms with Crippen LogP contribution >= 0.6 is 0 Å². The Bertz CT molecular complexity index is 1330. The van der Waals surface area contributed by atoms with Gasteiger partial charge in [0.05, 0.1) is 29.7 Å². The second kappa shape index (κ2) is 10.1. The Morgan fingerprint density at radius 3 is 2.50 bits per heavy atom. The van der Waals surface area contributed by atoms with Gasteiger partial charge in [-0.15, -0.1) is 0 Å². The number of fused-ring (bicyclic) bond motifs is 3. The van der Waals surface area contributed by atoms with Gasteiger partial charge in [-0.1, -0.05) is 68.8 Å². The number of aromatic nitrogens is 3. The summed E-state index contributed by atoms with van der Waals surface area (Å²) in [5.41, 5.74) is 6.46. The lowest BCUT2D eigenvalue weighted by molar-refractivity contribution is 0.180. The fourth-order valence-corrected chi connectivity index (χ4v) is 5.02. The van der Waals surface area contributed by atoms with Crippen LogP contribution in [0.25, 0.3) is 11.5 Å². The van der Waals surface area contributed by atoms with E-state index in [1.54, 1.807) is 0 Å². The van der Waals surface area contributed by atoms with Crippen LogP contribution in [-0.4, -0.2) is 31.8 Å².